The highest BCUT2D eigenvalue weighted by molar-refractivity contribution is 5.77. The summed E-state index contributed by atoms with van der Waals surface area (Å²) in [7, 11) is 0. The largest absolute Gasteiger partial charge is 0.481 e. The number of halogens is 2. The van der Waals surface area contributed by atoms with Crippen LogP contribution in [0.5, 0.6) is 5.75 Å². The maximum atomic E-state index is 12.3. The smallest absolute Gasteiger partial charge is 0.387 e. The number of carbonyl (C=O) groups excluding carboxylic acids is 1. The van der Waals surface area contributed by atoms with E-state index in [-0.39, 0.29) is 23.0 Å². The Morgan fingerprint density at radius 2 is 1.88 bits per heavy atom. The summed E-state index contributed by atoms with van der Waals surface area (Å²) >= 11 is 0. The molecule has 1 spiro atoms. The standard InChI is InChI=1S/C18H21F2NO4/c19-17(20)25-13-4-1-12(2-5-13)3-6-15(22)21-9-7-18(8-10-21)11-14(18)16(23)24/h1-2,4-5,14,17H,3,6-11H2,(H,23,24). The number of benzene rings is 1. The number of carboxylic acids is 1. The number of nitrogens with zero attached hydrogens (tertiary/aromatic N) is 1. The molecule has 1 saturated carbocycles. The Labute approximate surface area is 144 Å². The van der Waals surface area contributed by atoms with E-state index < -0.39 is 12.6 Å². The van der Waals surface area contributed by atoms with Gasteiger partial charge < -0.3 is 14.7 Å². The van der Waals surface area contributed by atoms with Crippen molar-refractivity contribution < 1.29 is 28.2 Å². The van der Waals surface area contributed by atoms with Crippen LogP contribution in [-0.2, 0) is 16.0 Å². The monoisotopic (exact) mass is 353 g/mol. The Hall–Kier alpha value is -2.18. The molecule has 0 radical (unpaired) electrons. The predicted octanol–water partition coefficient (Wildman–Crippen LogP) is 2.93. The number of aryl methyl sites for hydroxylation is 1. The molecule has 7 heteroatoms. The molecular weight excluding hydrogens is 332 g/mol. The van der Waals surface area contributed by atoms with Gasteiger partial charge in [0, 0.05) is 19.5 Å². The molecule has 2 fully saturated rings. The van der Waals surface area contributed by atoms with Gasteiger partial charge in [0.05, 0.1) is 5.92 Å². The van der Waals surface area contributed by atoms with Gasteiger partial charge in [-0.25, -0.2) is 0 Å². The second kappa shape index (κ2) is 6.98. The number of amides is 1. The van der Waals surface area contributed by atoms with Crippen molar-refractivity contribution in [3.05, 3.63) is 29.8 Å². The van der Waals surface area contributed by atoms with Crippen LogP contribution in [0.3, 0.4) is 0 Å². The summed E-state index contributed by atoms with van der Waals surface area (Å²) in [6.07, 6.45) is 3.14. The van der Waals surface area contributed by atoms with Gasteiger partial charge in [-0.2, -0.15) is 8.78 Å². The van der Waals surface area contributed by atoms with Crippen molar-refractivity contribution in [1.29, 1.82) is 0 Å². The van der Waals surface area contributed by atoms with Crippen LogP contribution in [0.4, 0.5) is 8.78 Å². The predicted molar refractivity (Wildman–Crippen MR) is 85.4 cm³/mol. The molecule has 1 saturated heterocycles. The number of carbonyl (C=O) groups is 2. The maximum Gasteiger partial charge on any atom is 0.387 e. The molecular formula is C18H21F2NO4. The first-order valence-electron chi connectivity index (χ1n) is 8.44. The summed E-state index contributed by atoms with van der Waals surface area (Å²) in [6, 6.07) is 6.29. The molecule has 1 aliphatic heterocycles. The van der Waals surface area contributed by atoms with E-state index in [4.69, 9.17) is 5.11 Å². The Bertz CT molecular complexity index is 639. The molecule has 1 amide bonds. The molecule has 2 aliphatic rings. The second-order valence-electron chi connectivity index (χ2n) is 6.86. The topological polar surface area (TPSA) is 66.8 Å². The van der Waals surface area contributed by atoms with Gasteiger partial charge in [0.25, 0.3) is 0 Å². The van der Waals surface area contributed by atoms with E-state index in [1.807, 2.05) is 0 Å². The summed E-state index contributed by atoms with van der Waals surface area (Å²) in [5.41, 5.74) is 0.806. The summed E-state index contributed by atoms with van der Waals surface area (Å²) in [5.74, 6) is -0.808. The number of likely N-dealkylation sites (tertiary alicyclic amines) is 1. The van der Waals surface area contributed by atoms with Crippen molar-refractivity contribution in [1.82, 2.24) is 4.90 Å². The van der Waals surface area contributed by atoms with Crippen molar-refractivity contribution in [2.45, 2.75) is 38.7 Å². The van der Waals surface area contributed by atoms with E-state index in [1.165, 1.54) is 12.1 Å². The molecule has 0 bridgehead atoms. The average Bonchev–Trinajstić information content (AvgIpc) is 3.28. The van der Waals surface area contributed by atoms with Gasteiger partial charge in [-0.15, -0.1) is 0 Å². The molecule has 1 heterocycles. The fourth-order valence-electron chi connectivity index (χ4n) is 3.70. The van der Waals surface area contributed by atoms with Gasteiger partial charge >= 0.3 is 12.6 Å². The van der Waals surface area contributed by atoms with Crippen molar-refractivity contribution in [3.63, 3.8) is 0 Å². The first kappa shape index (κ1) is 17.6. The first-order valence-corrected chi connectivity index (χ1v) is 8.44. The summed E-state index contributed by atoms with van der Waals surface area (Å²) in [5, 5.41) is 9.09. The van der Waals surface area contributed by atoms with Gasteiger partial charge in [0.1, 0.15) is 5.75 Å². The van der Waals surface area contributed by atoms with Gasteiger partial charge in [-0.1, -0.05) is 12.1 Å². The number of carboxylic acid groups (broad SMARTS) is 1. The number of hydrogen-bond acceptors (Lipinski definition) is 3. The highest BCUT2D eigenvalue weighted by atomic mass is 19.3. The maximum absolute atomic E-state index is 12.3. The van der Waals surface area contributed by atoms with Crippen LogP contribution in [0.25, 0.3) is 0 Å². The third-order valence-corrected chi connectivity index (χ3v) is 5.38. The lowest BCUT2D eigenvalue weighted by Gasteiger charge is -2.32. The summed E-state index contributed by atoms with van der Waals surface area (Å²) < 4.78 is 28.5. The van der Waals surface area contributed by atoms with Crippen molar-refractivity contribution in [2.75, 3.05) is 13.1 Å². The minimum absolute atomic E-state index is 0.0512. The lowest BCUT2D eigenvalue weighted by atomic mass is 9.90. The summed E-state index contributed by atoms with van der Waals surface area (Å²) in [4.78, 5) is 25.2. The zero-order valence-corrected chi connectivity index (χ0v) is 13.8. The van der Waals surface area contributed by atoms with Gasteiger partial charge in [0.15, 0.2) is 0 Å². The fourth-order valence-corrected chi connectivity index (χ4v) is 3.70. The fraction of sp³-hybridized carbons (Fsp3) is 0.556. The Morgan fingerprint density at radius 1 is 1.24 bits per heavy atom. The molecule has 1 unspecified atom stereocenters. The molecule has 136 valence electrons. The zero-order valence-electron chi connectivity index (χ0n) is 13.8. The zero-order chi connectivity index (χ0) is 18.0. The lowest BCUT2D eigenvalue weighted by Crippen LogP contribution is -2.40. The molecule has 25 heavy (non-hydrogen) atoms. The van der Waals surface area contributed by atoms with Crippen LogP contribution in [0, 0.1) is 11.3 Å². The first-order chi connectivity index (χ1) is 11.9. The van der Waals surface area contributed by atoms with Gasteiger partial charge in [-0.05, 0) is 48.8 Å². The van der Waals surface area contributed by atoms with E-state index in [0.717, 1.165) is 24.8 Å². The summed E-state index contributed by atoms with van der Waals surface area (Å²) in [6.45, 7) is -1.62. The van der Waals surface area contributed by atoms with Crippen LogP contribution in [-0.4, -0.2) is 41.6 Å². The van der Waals surface area contributed by atoms with Crippen LogP contribution in [0.15, 0.2) is 24.3 Å². The Morgan fingerprint density at radius 3 is 2.40 bits per heavy atom. The third kappa shape index (κ3) is 4.08. The molecule has 1 aromatic carbocycles. The third-order valence-electron chi connectivity index (χ3n) is 5.38. The molecule has 1 N–H and O–H groups in total. The second-order valence-corrected chi connectivity index (χ2v) is 6.86. The van der Waals surface area contributed by atoms with Crippen LogP contribution >= 0.6 is 0 Å². The lowest BCUT2D eigenvalue weighted by molar-refractivity contribution is -0.139. The van der Waals surface area contributed by atoms with E-state index in [9.17, 15) is 18.4 Å². The SMILES string of the molecule is O=C(O)C1CC12CCN(C(=O)CCc1ccc(OC(F)F)cc1)CC2. The molecule has 1 atom stereocenters. The normalized spacial score (nSPS) is 21.4. The van der Waals surface area contributed by atoms with Gasteiger partial charge in [-0.3, -0.25) is 9.59 Å². The number of piperidine rings is 1. The van der Waals surface area contributed by atoms with E-state index in [2.05, 4.69) is 4.74 Å². The van der Waals surface area contributed by atoms with Crippen molar-refractivity contribution >= 4 is 11.9 Å². The minimum Gasteiger partial charge on any atom is -0.481 e. The van der Waals surface area contributed by atoms with Gasteiger partial charge in [0.2, 0.25) is 5.91 Å². The van der Waals surface area contributed by atoms with E-state index in [1.54, 1.807) is 17.0 Å². The van der Waals surface area contributed by atoms with Crippen LogP contribution in [0.1, 0.15) is 31.2 Å². The van der Waals surface area contributed by atoms with E-state index in [0.29, 0.717) is 25.9 Å². The molecule has 1 aromatic rings. The Kier molecular flexibility index (Phi) is 4.92. The highest BCUT2D eigenvalue weighted by Crippen LogP contribution is 2.59. The molecule has 1 aliphatic carbocycles. The quantitative estimate of drug-likeness (QED) is 0.854. The number of aliphatic carboxylic acids is 1. The van der Waals surface area contributed by atoms with Crippen molar-refractivity contribution in [3.8, 4) is 5.75 Å². The molecule has 3 rings (SSSR count). The molecule has 0 aromatic heterocycles. The minimum atomic E-state index is -2.85. The number of hydrogen-bond donors (Lipinski definition) is 1. The van der Waals surface area contributed by atoms with Crippen molar-refractivity contribution in [2.24, 2.45) is 11.3 Å². The van der Waals surface area contributed by atoms with Crippen LogP contribution < -0.4 is 4.74 Å². The van der Waals surface area contributed by atoms with Crippen LogP contribution in [0.2, 0.25) is 0 Å². The highest BCUT2D eigenvalue weighted by Gasteiger charge is 2.59. The number of alkyl halides is 2. The Balaban J connectivity index is 1.43. The average molecular weight is 353 g/mol. The number of rotatable bonds is 6. The van der Waals surface area contributed by atoms with E-state index >= 15 is 0 Å². The number of ether oxygens (including phenoxy) is 1. The molecule has 5 nitrogen and oxygen atoms in total.